The lowest BCUT2D eigenvalue weighted by molar-refractivity contribution is 0.0927. The number of nitrogen functional groups attached to an aromatic ring is 1. The summed E-state index contributed by atoms with van der Waals surface area (Å²) in [6.45, 7) is 0.711. The van der Waals surface area contributed by atoms with Gasteiger partial charge in [-0.2, -0.15) is 0 Å². The number of allylic oxidation sites excluding steroid dienone is 10. The Kier molecular flexibility index (Phi) is 9.99. The molecule has 3 aromatic carbocycles. The number of methoxy groups -OCH3 is 2. The molecule has 3 aromatic rings. The molecule has 7 nitrogen and oxygen atoms in total. The largest absolute Gasteiger partial charge is 0.493 e. The topological polar surface area (TPSA) is 97.1 Å². The van der Waals surface area contributed by atoms with Crippen LogP contribution >= 0.6 is 0 Å². The van der Waals surface area contributed by atoms with Gasteiger partial charge in [-0.3, -0.25) is 9.59 Å². The number of carbonyl (C=O) groups is 2. The zero-order chi connectivity index (χ0) is 37.2. The molecule has 0 heterocycles. The van der Waals surface area contributed by atoms with Crippen molar-refractivity contribution >= 4 is 35.0 Å². The summed E-state index contributed by atoms with van der Waals surface area (Å²) in [5.41, 5.74) is 17.6. The fraction of sp³-hybridized carbons (Fsp3) is 0.298. The number of ether oxygens (including phenoxy) is 4. The van der Waals surface area contributed by atoms with E-state index in [9.17, 15) is 9.59 Å². The van der Waals surface area contributed by atoms with Crippen LogP contribution in [0.15, 0.2) is 108 Å². The molecular weight excluding hydrogens is 675 g/mol. The third kappa shape index (κ3) is 7.37. The number of ketones is 2. The van der Waals surface area contributed by atoms with E-state index >= 15 is 0 Å². The Morgan fingerprint density at radius 3 is 2.22 bits per heavy atom. The van der Waals surface area contributed by atoms with Crippen LogP contribution < -0.4 is 24.7 Å². The lowest BCUT2D eigenvalue weighted by Gasteiger charge is -2.22. The number of carbonyl (C=O) groups excluding carboxylic acids is 2. The van der Waals surface area contributed by atoms with E-state index in [2.05, 4.69) is 36.1 Å². The summed E-state index contributed by atoms with van der Waals surface area (Å²) < 4.78 is 23.8. The average Bonchev–Trinajstić information content (AvgIpc) is 3.93. The lowest BCUT2D eigenvalue weighted by Crippen LogP contribution is -2.18. The predicted molar refractivity (Wildman–Crippen MR) is 213 cm³/mol. The van der Waals surface area contributed by atoms with Crippen LogP contribution in [-0.4, -0.2) is 39.0 Å². The highest BCUT2D eigenvalue weighted by Crippen LogP contribution is 2.44. The second kappa shape index (κ2) is 15.3. The number of nitrogens with two attached hydrogens (primary N) is 1. The van der Waals surface area contributed by atoms with Gasteiger partial charge in [0.25, 0.3) is 0 Å². The molecular formula is C47H45NO6. The van der Waals surface area contributed by atoms with Crippen molar-refractivity contribution in [3.63, 3.8) is 0 Å². The van der Waals surface area contributed by atoms with Gasteiger partial charge in [-0.1, -0.05) is 65.8 Å². The van der Waals surface area contributed by atoms with Crippen molar-refractivity contribution in [1.82, 2.24) is 0 Å². The molecule has 0 amide bonds. The summed E-state index contributed by atoms with van der Waals surface area (Å²) in [5, 5.41) is 0. The Hall–Kier alpha value is -5.78. The maximum Gasteiger partial charge on any atom is 0.171 e. The zero-order valence-corrected chi connectivity index (χ0v) is 30.8. The van der Waals surface area contributed by atoms with Crippen LogP contribution in [0.25, 0.3) is 17.7 Å². The fourth-order valence-electron chi connectivity index (χ4n) is 7.97. The standard InChI is InChI=1S/C47H45NO6/c1-51-43-27-39-35(10-5-9-31-21-32(29-11-12-29)13-14-33(31)24-42(39)49)25-45(43)53-19-6-20-54-46-26-36-8-4-3-7-34-22-37(30-15-17-38(48)18-16-30)23-40(34)47(50)41(36)28-44(46)52-2/h3-4,7-10,13-18,23,25-29,31,34,40H,6,11-12,19-22,24,48H2,1-2H3/b7-3+,8-4+/t5?,31-,34-,40?/m1/s1. The van der Waals surface area contributed by atoms with Crippen LogP contribution in [0.5, 0.6) is 23.0 Å². The molecule has 0 radical (unpaired) electrons. The van der Waals surface area contributed by atoms with E-state index in [1.807, 2.05) is 60.7 Å². The van der Waals surface area contributed by atoms with Crippen LogP contribution in [-0.2, 0) is 0 Å². The van der Waals surface area contributed by atoms with Gasteiger partial charge in [0.2, 0.25) is 0 Å². The number of hydrogen-bond donors (Lipinski definition) is 1. The molecule has 5 aliphatic carbocycles. The fourth-order valence-corrected chi connectivity index (χ4v) is 7.97. The van der Waals surface area contributed by atoms with Crippen molar-refractivity contribution in [1.29, 1.82) is 0 Å². The minimum atomic E-state index is -0.288. The minimum absolute atomic E-state index is 0.0537. The Balaban J connectivity index is 0.939. The summed E-state index contributed by atoms with van der Waals surface area (Å²) in [6.07, 6.45) is 23.8. The summed E-state index contributed by atoms with van der Waals surface area (Å²) in [4.78, 5) is 27.7. The van der Waals surface area contributed by atoms with Crippen molar-refractivity contribution in [2.45, 2.75) is 38.5 Å². The number of anilines is 1. The first-order chi connectivity index (χ1) is 26.4. The first-order valence-electron chi connectivity index (χ1n) is 18.9. The van der Waals surface area contributed by atoms with Gasteiger partial charge in [0, 0.05) is 41.5 Å². The van der Waals surface area contributed by atoms with Gasteiger partial charge in [0.05, 0.1) is 27.4 Å². The normalized spacial score (nSPS) is 22.6. The maximum atomic E-state index is 14.1. The average molecular weight is 720 g/mol. The number of Topliss-reactive ketones (excluding diaryl/α,β-unsaturated/α-hetero) is 2. The Labute approximate surface area is 316 Å². The number of hydrogen-bond acceptors (Lipinski definition) is 7. The third-order valence-corrected chi connectivity index (χ3v) is 11.1. The zero-order valence-electron chi connectivity index (χ0n) is 30.8. The summed E-state index contributed by atoms with van der Waals surface area (Å²) in [7, 11) is 3.17. The van der Waals surface area contributed by atoms with Crippen LogP contribution in [0.1, 0.15) is 75.9 Å². The van der Waals surface area contributed by atoms with E-state index in [1.54, 1.807) is 26.4 Å². The Morgan fingerprint density at radius 1 is 0.796 bits per heavy atom. The highest BCUT2D eigenvalue weighted by molar-refractivity contribution is 6.04. The van der Waals surface area contributed by atoms with E-state index in [1.165, 1.54) is 18.4 Å². The summed E-state index contributed by atoms with van der Waals surface area (Å²) >= 11 is 0. The van der Waals surface area contributed by atoms with E-state index in [0.29, 0.717) is 71.8 Å². The van der Waals surface area contributed by atoms with Gasteiger partial charge >= 0.3 is 0 Å². The molecule has 0 bridgehead atoms. The van der Waals surface area contributed by atoms with Crippen LogP contribution in [0.2, 0.25) is 0 Å². The highest BCUT2D eigenvalue weighted by atomic mass is 16.5. The molecule has 54 heavy (non-hydrogen) atoms. The number of benzene rings is 3. The quantitative estimate of drug-likeness (QED) is 0.127. The van der Waals surface area contributed by atoms with Crippen molar-refractivity contribution in [2.24, 2.45) is 23.7 Å². The van der Waals surface area contributed by atoms with Gasteiger partial charge in [-0.05, 0) is 108 Å². The molecule has 0 aliphatic heterocycles. The minimum Gasteiger partial charge on any atom is -0.493 e. The van der Waals surface area contributed by atoms with E-state index < -0.39 is 0 Å². The Morgan fingerprint density at radius 2 is 1.50 bits per heavy atom. The van der Waals surface area contributed by atoms with E-state index in [-0.39, 0.29) is 29.3 Å². The molecule has 3 atom stereocenters. The first kappa shape index (κ1) is 35.3. The summed E-state index contributed by atoms with van der Waals surface area (Å²) in [6, 6.07) is 15.1. The monoisotopic (exact) mass is 719 g/mol. The van der Waals surface area contributed by atoms with Crippen LogP contribution in [0.3, 0.4) is 0 Å². The molecule has 1 unspecified atom stereocenters. The van der Waals surface area contributed by atoms with Gasteiger partial charge in [-0.15, -0.1) is 5.73 Å². The molecule has 7 heteroatoms. The van der Waals surface area contributed by atoms with Gasteiger partial charge < -0.3 is 24.7 Å². The highest BCUT2D eigenvalue weighted by Gasteiger charge is 2.34. The molecule has 2 N–H and O–H groups in total. The third-order valence-electron chi connectivity index (χ3n) is 11.1. The molecule has 0 spiro atoms. The van der Waals surface area contributed by atoms with Gasteiger partial charge in [0.15, 0.2) is 34.6 Å². The SMILES string of the molecule is COc1cc2c(cc1OCCCOc1cc3c(cc1OC)C(=O)C1C=C(c4ccc(N)cc4)C[C@H]1/C=C/C=C/3)C=C=C[C@@H]1CC(C3CC3)=CC=C1CC2=O. The molecule has 1 saturated carbocycles. The van der Waals surface area contributed by atoms with Crippen molar-refractivity contribution < 1.29 is 28.5 Å². The second-order valence-electron chi connectivity index (χ2n) is 14.7. The van der Waals surface area contributed by atoms with Crippen LogP contribution in [0.4, 0.5) is 5.69 Å². The van der Waals surface area contributed by atoms with Gasteiger partial charge in [0.1, 0.15) is 0 Å². The first-order valence-corrected chi connectivity index (χ1v) is 18.9. The summed E-state index contributed by atoms with van der Waals surface area (Å²) in [5.74, 6) is 2.91. The molecule has 1 fully saturated rings. The molecule has 5 aliphatic rings. The molecule has 8 rings (SSSR count). The van der Waals surface area contributed by atoms with Crippen molar-refractivity contribution in [3.8, 4) is 23.0 Å². The lowest BCUT2D eigenvalue weighted by atomic mass is 9.82. The van der Waals surface area contributed by atoms with Gasteiger partial charge in [-0.25, -0.2) is 0 Å². The van der Waals surface area contributed by atoms with E-state index in [4.69, 9.17) is 24.7 Å². The number of rotatable bonds is 10. The van der Waals surface area contributed by atoms with Crippen LogP contribution in [0, 0.1) is 23.7 Å². The molecule has 0 saturated heterocycles. The van der Waals surface area contributed by atoms with E-state index in [0.717, 1.165) is 40.7 Å². The van der Waals surface area contributed by atoms with Crippen molar-refractivity contribution in [3.05, 3.63) is 136 Å². The second-order valence-corrected chi connectivity index (χ2v) is 14.7. The Bertz CT molecular complexity index is 2210. The smallest absolute Gasteiger partial charge is 0.171 e. The van der Waals surface area contributed by atoms with Crippen molar-refractivity contribution in [2.75, 3.05) is 33.2 Å². The number of fused-ring (bicyclic) bond motifs is 4. The maximum absolute atomic E-state index is 14.1. The molecule has 274 valence electrons. The predicted octanol–water partition coefficient (Wildman–Crippen LogP) is 9.66. The molecule has 0 aromatic heterocycles.